The second-order valence-corrected chi connectivity index (χ2v) is 6.64. The van der Waals surface area contributed by atoms with Crippen molar-refractivity contribution in [2.24, 2.45) is 0 Å². The van der Waals surface area contributed by atoms with Crippen LogP contribution in [0.1, 0.15) is 62.2 Å². The second kappa shape index (κ2) is 8.10. The van der Waals surface area contributed by atoms with Crippen LogP contribution in [-0.4, -0.2) is 34.0 Å². The molecular weight excluding hydrogens is 314 g/mol. The first-order valence-electron chi connectivity index (χ1n) is 9.03. The van der Waals surface area contributed by atoms with Crippen molar-refractivity contribution in [3.8, 4) is 0 Å². The number of amides is 1. The highest BCUT2D eigenvalue weighted by molar-refractivity contribution is 5.91. The molecule has 1 aromatic heterocycles. The number of benzene rings is 1. The summed E-state index contributed by atoms with van der Waals surface area (Å²) in [5, 5.41) is 4.10. The van der Waals surface area contributed by atoms with E-state index in [1.54, 1.807) is 6.08 Å². The van der Waals surface area contributed by atoms with Gasteiger partial charge < -0.3 is 9.42 Å². The molecule has 1 atom stereocenters. The van der Waals surface area contributed by atoms with Crippen LogP contribution >= 0.6 is 0 Å². The van der Waals surface area contributed by atoms with Crippen molar-refractivity contribution in [3.63, 3.8) is 0 Å². The Bertz CT molecular complexity index is 716. The summed E-state index contributed by atoms with van der Waals surface area (Å²) >= 11 is 0. The Morgan fingerprint density at radius 1 is 1.32 bits per heavy atom. The third-order valence-electron chi connectivity index (χ3n) is 4.88. The molecule has 132 valence electrons. The van der Waals surface area contributed by atoms with Gasteiger partial charge in [0.2, 0.25) is 11.8 Å². The summed E-state index contributed by atoms with van der Waals surface area (Å²) in [6, 6.07) is 9.87. The number of carbonyl (C=O) groups is 1. The Morgan fingerprint density at radius 2 is 2.04 bits per heavy atom. The third kappa shape index (κ3) is 4.35. The Morgan fingerprint density at radius 3 is 2.72 bits per heavy atom. The Balaban J connectivity index is 1.54. The van der Waals surface area contributed by atoms with E-state index in [0.29, 0.717) is 5.92 Å². The molecule has 5 heteroatoms. The maximum absolute atomic E-state index is 12.3. The summed E-state index contributed by atoms with van der Waals surface area (Å²) in [4.78, 5) is 18.8. The van der Waals surface area contributed by atoms with Crippen LogP contribution < -0.4 is 0 Å². The zero-order valence-electron chi connectivity index (χ0n) is 14.9. The summed E-state index contributed by atoms with van der Waals surface area (Å²) < 4.78 is 5.45. The van der Waals surface area contributed by atoms with E-state index in [2.05, 4.69) is 24.0 Å². The van der Waals surface area contributed by atoms with Crippen molar-refractivity contribution in [2.45, 2.75) is 44.9 Å². The lowest BCUT2D eigenvalue weighted by Gasteiger charge is -2.29. The first kappa shape index (κ1) is 17.4. The van der Waals surface area contributed by atoms with Crippen LogP contribution in [0.3, 0.4) is 0 Å². The highest BCUT2D eigenvalue weighted by Crippen LogP contribution is 2.28. The van der Waals surface area contributed by atoms with Gasteiger partial charge in [0.25, 0.3) is 0 Å². The average molecular weight is 339 g/mol. The van der Waals surface area contributed by atoms with Gasteiger partial charge in [0.05, 0.1) is 0 Å². The zero-order valence-corrected chi connectivity index (χ0v) is 14.9. The summed E-state index contributed by atoms with van der Waals surface area (Å²) in [5.74, 6) is 2.16. The van der Waals surface area contributed by atoms with Crippen molar-refractivity contribution in [1.82, 2.24) is 15.0 Å². The summed E-state index contributed by atoms with van der Waals surface area (Å²) in [6.45, 7) is 5.68. The van der Waals surface area contributed by atoms with E-state index in [4.69, 9.17) is 4.52 Å². The largest absolute Gasteiger partial charge is 0.339 e. The van der Waals surface area contributed by atoms with Gasteiger partial charge in [-0.1, -0.05) is 49.3 Å². The lowest BCUT2D eigenvalue weighted by Crippen LogP contribution is -2.36. The molecule has 0 aliphatic carbocycles. The van der Waals surface area contributed by atoms with Gasteiger partial charge in [-0.3, -0.25) is 4.79 Å². The lowest BCUT2D eigenvalue weighted by molar-refractivity contribution is -0.127. The molecule has 1 fully saturated rings. The number of hydrogen-bond donors (Lipinski definition) is 0. The Labute approximate surface area is 148 Å². The maximum atomic E-state index is 12.3. The molecule has 25 heavy (non-hydrogen) atoms. The van der Waals surface area contributed by atoms with Gasteiger partial charge in [0.15, 0.2) is 5.82 Å². The van der Waals surface area contributed by atoms with Gasteiger partial charge in [0, 0.05) is 31.0 Å². The van der Waals surface area contributed by atoms with Gasteiger partial charge >= 0.3 is 0 Å². The summed E-state index contributed by atoms with van der Waals surface area (Å²) in [6.07, 6.45) is 6.26. The van der Waals surface area contributed by atoms with Gasteiger partial charge in [-0.15, -0.1) is 0 Å². The topological polar surface area (TPSA) is 59.2 Å². The van der Waals surface area contributed by atoms with Crippen molar-refractivity contribution in [2.75, 3.05) is 13.1 Å². The summed E-state index contributed by atoms with van der Waals surface area (Å²) in [5.41, 5.74) is 1.04. The predicted molar refractivity (Wildman–Crippen MR) is 97.0 cm³/mol. The molecule has 1 aromatic carbocycles. The molecule has 1 amide bonds. The van der Waals surface area contributed by atoms with E-state index < -0.39 is 0 Å². The molecule has 0 bridgehead atoms. The number of rotatable bonds is 5. The normalized spacial score (nSPS) is 17.1. The fraction of sp³-hybridized carbons (Fsp3) is 0.450. The van der Waals surface area contributed by atoms with Crippen LogP contribution in [0.25, 0.3) is 6.08 Å². The first-order valence-corrected chi connectivity index (χ1v) is 9.03. The van der Waals surface area contributed by atoms with Gasteiger partial charge in [0.1, 0.15) is 0 Å². The van der Waals surface area contributed by atoms with Crippen LogP contribution in [0.15, 0.2) is 40.9 Å². The molecule has 1 unspecified atom stereocenters. The predicted octanol–water partition coefficient (Wildman–Crippen LogP) is 4.00. The van der Waals surface area contributed by atoms with E-state index >= 15 is 0 Å². The van der Waals surface area contributed by atoms with Crippen molar-refractivity contribution >= 4 is 12.0 Å². The second-order valence-electron chi connectivity index (χ2n) is 6.64. The van der Waals surface area contributed by atoms with Crippen LogP contribution in [-0.2, 0) is 4.79 Å². The number of aromatic nitrogens is 2. The fourth-order valence-electron chi connectivity index (χ4n) is 2.98. The monoisotopic (exact) mass is 339 g/mol. The van der Waals surface area contributed by atoms with E-state index in [1.807, 2.05) is 41.3 Å². The molecular formula is C20H25N3O2. The Kier molecular flexibility index (Phi) is 5.64. The van der Waals surface area contributed by atoms with E-state index in [-0.39, 0.29) is 11.8 Å². The average Bonchev–Trinajstić information content (AvgIpc) is 3.16. The minimum atomic E-state index is 0.0631. The van der Waals surface area contributed by atoms with Gasteiger partial charge in [-0.2, -0.15) is 4.98 Å². The van der Waals surface area contributed by atoms with E-state index in [0.717, 1.165) is 49.6 Å². The van der Waals surface area contributed by atoms with Crippen molar-refractivity contribution in [3.05, 3.63) is 53.7 Å². The molecule has 2 heterocycles. The third-order valence-corrected chi connectivity index (χ3v) is 4.88. The van der Waals surface area contributed by atoms with Crippen LogP contribution in [0.5, 0.6) is 0 Å². The minimum Gasteiger partial charge on any atom is -0.339 e. The first-order chi connectivity index (χ1) is 12.2. The number of piperidine rings is 1. The van der Waals surface area contributed by atoms with Crippen LogP contribution in [0.4, 0.5) is 0 Å². The molecule has 0 spiro atoms. The highest BCUT2D eigenvalue weighted by Gasteiger charge is 2.27. The van der Waals surface area contributed by atoms with Crippen LogP contribution in [0.2, 0.25) is 0 Å². The molecule has 0 radical (unpaired) electrons. The van der Waals surface area contributed by atoms with E-state index in [9.17, 15) is 4.79 Å². The molecule has 0 saturated carbocycles. The molecule has 0 N–H and O–H groups in total. The van der Waals surface area contributed by atoms with Gasteiger partial charge in [-0.25, -0.2) is 0 Å². The number of hydrogen-bond acceptors (Lipinski definition) is 4. The SMILES string of the molecule is CCC(C)c1noc(C2CCN(C(=O)/C=C/c3ccccc3)CC2)n1. The molecule has 1 aliphatic heterocycles. The van der Waals surface area contributed by atoms with E-state index in [1.165, 1.54) is 0 Å². The number of likely N-dealkylation sites (tertiary alicyclic amines) is 1. The number of carbonyl (C=O) groups excluding carboxylic acids is 1. The molecule has 1 aliphatic rings. The smallest absolute Gasteiger partial charge is 0.246 e. The quantitative estimate of drug-likeness (QED) is 0.773. The highest BCUT2D eigenvalue weighted by atomic mass is 16.5. The molecule has 1 saturated heterocycles. The Hall–Kier alpha value is -2.43. The molecule has 2 aromatic rings. The lowest BCUT2D eigenvalue weighted by atomic mass is 9.96. The molecule has 3 rings (SSSR count). The standard InChI is InChI=1S/C20H25N3O2/c1-3-15(2)19-21-20(25-22-19)17-11-13-23(14-12-17)18(24)10-9-16-7-5-4-6-8-16/h4-10,15,17H,3,11-14H2,1-2H3/b10-9+. The maximum Gasteiger partial charge on any atom is 0.246 e. The number of nitrogens with zero attached hydrogens (tertiary/aromatic N) is 3. The van der Waals surface area contributed by atoms with Crippen molar-refractivity contribution in [1.29, 1.82) is 0 Å². The minimum absolute atomic E-state index is 0.0631. The van der Waals surface area contributed by atoms with Crippen molar-refractivity contribution < 1.29 is 9.32 Å². The van der Waals surface area contributed by atoms with Crippen LogP contribution in [0, 0.1) is 0 Å². The van der Waals surface area contributed by atoms with Gasteiger partial charge in [-0.05, 0) is 30.9 Å². The molecule has 5 nitrogen and oxygen atoms in total. The zero-order chi connectivity index (χ0) is 17.6. The fourth-order valence-corrected chi connectivity index (χ4v) is 2.98. The summed E-state index contributed by atoms with van der Waals surface area (Å²) in [7, 11) is 0.